The molecule has 0 fully saturated rings. The van der Waals surface area contributed by atoms with E-state index in [4.69, 9.17) is 33.0 Å². The van der Waals surface area contributed by atoms with Gasteiger partial charge in [-0.25, -0.2) is 14.4 Å². The number of ether oxygens (including phenoxy) is 1. The van der Waals surface area contributed by atoms with Crippen LogP contribution >= 0.6 is 23.2 Å². The van der Waals surface area contributed by atoms with Crippen LogP contribution in [0.1, 0.15) is 22.3 Å². The maximum Gasteiger partial charge on any atom is 0.132 e. The highest BCUT2D eigenvalue weighted by Crippen LogP contribution is 2.24. The van der Waals surface area contributed by atoms with E-state index in [1.807, 2.05) is 45.9 Å². The zero-order valence-corrected chi connectivity index (χ0v) is 30.1. The average Bonchev–Trinajstić information content (AvgIpc) is 2.86. The van der Waals surface area contributed by atoms with Crippen LogP contribution in [0.15, 0.2) is 73.1 Å². The summed E-state index contributed by atoms with van der Waals surface area (Å²) in [5, 5.41) is 9.61. The second-order valence-electron chi connectivity index (χ2n) is 7.79. The lowest BCUT2D eigenvalue weighted by atomic mass is 10.1. The molecule has 4 aromatic rings. The van der Waals surface area contributed by atoms with Gasteiger partial charge in [-0.2, -0.15) is 0 Å². The Morgan fingerprint density at radius 2 is 1.12 bits per heavy atom. The maximum atomic E-state index is 12.0. The first-order valence-electron chi connectivity index (χ1n) is 11.2. The van der Waals surface area contributed by atoms with Crippen molar-refractivity contribution in [2.45, 2.75) is 27.7 Å². The number of aromatic nitrogens is 2. The molecular weight excluding hydrogens is 719 g/mol. The van der Waals surface area contributed by atoms with E-state index in [0.717, 1.165) is 22.9 Å². The Labute approximate surface area is 276 Å². The van der Waals surface area contributed by atoms with Gasteiger partial charge >= 0.3 is 0 Å². The Kier molecular flexibility index (Phi) is 20.4. The number of aryl methyl sites for hydroxylation is 4. The minimum absolute atomic E-state index is 0.185. The Morgan fingerprint density at radius 3 is 1.51 bits per heavy atom. The van der Waals surface area contributed by atoms with Gasteiger partial charge in [0.1, 0.15) is 33.4 Å². The predicted molar refractivity (Wildman–Crippen MR) is 191 cm³/mol. The van der Waals surface area contributed by atoms with Gasteiger partial charge in [-0.1, -0.05) is 35.3 Å². The van der Waals surface area contributed by atoms with E-state index < -0.39 is 0 Å². The Morgan fingerprint density at radius 1 is 0.659 bits per heavy atom. The fourth-order valence-corrected chi connectivity index (χ4v) is 14.3. The lowest BCUT2D eigenvalue weighted by molar-refractivity contribution is 0.474. The second kappa shape index (κ2) is 22.2. The number of phenols is 1. The van der Waals surface area contributed by atoms with E-state index in [9.17, 15) is 4.39 Å². The van der Waals surface area contributed by atoms with Crippen molar-refractivity contribution < 1.29 is 14.2 Å². The summed E-state index contributed by atoms with van der Waals surface area (Å²) in [5.41, 5.74) is 4.56. The third-order valence-corrected chi connectivity index (χ3v) is 15.7. The zero-order valence-electron chi connectivity index (χ0n) is 22.1. The van der Waals surface area contributed by atoms with Crippen LogP contribution in [0.2, 0.25) is 10.3 Å². The number of benzene rings is 2. The number of aromatic hydroxyl groups is 1. The maximum absolute atomic E-state index is 12.0. The van der Waals surface area contributed by atoms with Crippen molar-refractivity contribution in [3.05, 3.63) is 111 Å². The number of nitrogens with zero attached hydrogens (tertiary/aromatic N) is 2. The van der Waals surface area contributed by atoms with Crippen molar-refractivity contribution >= 4 is 98.9 Å². The van der Waals surface area contributed by atoms with Gasteiger partial charge in [0.15, 0.2) is 0 Å². The first kappa shape index (κ1) is 37.6. The Hall–Kier alpha value is -1.39. The van der Waals surface area contributed by atoms with Gasteiger partial charge < -0.3 is 9.84 Å². The van der Waals surface area contributed by atoms with Gasteiger partial charge in [-0.3, -0.25) is 0 Å². The highest BCUT2D eigenvalue weighted by atomic mass is 35.5. The molecule has 0 aliphatic rings. The molecule has 0 saturated heterocycles. The molecule has 0 radical (unpaired) electrons. The molecular formula is C26H25Cl2FN2O2S8. The molecule has 0 aliphatic carbocycles. The molecule has 0 atom stereocenters. The minimum Gasteiger partial charge on any atom is -0.508 e. The van der Waals surface area contributed by atoms with Gasteiger partial charge in [-0.15, -0.1) is 0 Å². The summed E-state index contributed by atoms with van der Waals surface area (Å²) in [6.07, 6.45) is 2.94. The fraction of sp³-hybridized carbons (Fsp3) is 0.154. The van der Waals surface area contributed by atoms with Crippen LogP contribution in [0.25, 0.3) is 0 Å². The lowest BCUT2D eigenvalue weighted by Crippen LogP contribution is -1.87. The van der Waals surface area contributed by atoms with Crippen molar-refractivity contribution in [2.75, 3.05) is 0 Å². The molecule has 41 heavy (non-hydrogen) atoms. The number of rotatable bonds is 2. The first-order chi connectivity index (χ1) is 19.5. The van der Waals surface area contributed by atoms with Crippen LogP contribution in [-0.4, -0.2) is 15.1 Å². The molecule has 15 heteroatoms. The SMILES string of the molecule is Cc1cc(C)cc(O)c1.Cc1cc(C)cc(Oc2ccnc(Cl)c2)c1.Fc1ccnc(Cl)c1.S=S=S=S=S=S=S=S. The number of pyridine rings is 2. The summed E-state index contributed by atoms with van der Waals surface area (Å²) in [6.45, 7) is 8.01. The average molecular weight is 744 g/mol. The number of phenolic OH excluding ortho intramolecular Hbond substituents is 1. The van der Waals surface area contributed by atoms with Crippen LogP contribution < -0.4 is 4.74 Å². The minimum atomic E-state index is -0.356. The van der Waals surface area contributed by atoms with E-state index in [1.165, 1.54) is 41.2 Å². The van der Waals surface area contributed by atoms with Gasteiger partial charge in [-0.05, 0) is 86.3 Å². The van der Waals surface area contributed by atoms with Crippen LogP contribution in [0.3, 0.4) is 0 Å². The number of hydrogen-bond acceptors (Lipinski definition) is 6. The Balaban J connectivity index is 0.000000290. The highest BCUT2D eigenvalue weighted by molar-refractivity contribution is 8.70. The van der Waals surface area contributed by atoms with Crippen LogP contribution in [0.5, 0.6) is 17.2 Å². The molecule has 2 aromatic carbocycles. The summed E-state index contributed by atoms with van der Waals surface area (Å²) >= 11 is 20.3. The predicted octanol–water partition coefficient (Wildman–Crippen LogP) is 8.01. The fourth-order valence-electron chi connectivity index (χ4n) is 2.95. The van der Waals surface area contributed by atoms with Crippen molar-refractivity contribution in [2.24, 2.45) is 0 Å². The molecule has 220 valence electrons. The zero-order chi connectivity index (χ0) is 30.6. The largest absolute Gasteiger partial charge is 0.508 e. The van der Waals surface area contributed by atoms with Crippen LogP contribution in [0, 0.1) is 33.5 Å². The van der Waals surface area contributed by atoms with Gasteiger partial charge in [0, 0.05) is 100 Å². The molecule has 0 amide bonds. The normalized spacial score (nSPS) is 9.15. The van der Waals surface area contributed by atoms with Crippen molar-refractivity contribution in [1.29, 1.82) is 0 Å². The highest BCUT2D eigenvalue weighted by Gasteiger charge is 2.00. The molecule has 0 unspecified atom stereocenters. The van der Waals surface area contributed by atoms with Crippen molar-refractivity contribution in [3.63, 3.8) is 0 Å². The van der Waals surface area contributed by atoms with Crippen LogP contribution in [0.4, 0.5) is 4.39 Å². The molecule has 4 rings (SSSR count). The monoisotopic (exact) mass is 742 g/mol. The molecule has 2 aromatic heterocycles. The standard InChI is InChI=1S/C13H12ClNO.C8H10O.C5H3ClFN.S8/c1-9-5-10(2)7-12(6-9)16-11-3-4-15-13(14)8-11;1-6-3-7(2)5-8(9)4-6;6-5-3-4(7)1-2-8-5;1-3-5-7-8-6-4-2/h3-8H,1-2H3;3-5,9H,1-2H3;1-3H;. The molecule has 0 saturated carbocycles. The summed E-state index contributed by atoms with van der Waals surface area (Å²) in [5.74, 6) is 1.52. The summed E-state index contributed by atoms with van der Waals surface area (Å²) in [6, 6.07) is 17.5. The first-order valence-corrected chi connectivity index (χ1v) is 21.3. The van der Waals surface area contributed by atoms with E-state index in [0.29, 0.717) is 16.7 Å². The quantitative estimate of drug-likeness (QED) is 0.210. The third-order valence-electron chi connectivity index (χ3n) is 4.16. The molecule has 0 aliphatic heterocycles. The van der Waals surface area contributed by atoms with Crippen LogP contribution in [-0.2, 0) is 75.7 Å². The lowest BCUT2D eigenvalue weighted by Gasteiger charge is -2.07. The van der Waals surface area contributed by atoms with E-state index in [-0.39, 0.29) is 11.0 Å². The van der Waals surface area contributed by atoms with E-state index >= 15 is 0 Å². The smallest absolute Gasteiger partial charge is 0.132 e. The summed E-state index contributed by atoms with van der Waals surface area (Å²) < 4.78 is 17.7. The topological polar surface area (TPSA) is 55.2 Å². The molecule has 0 bridgehead atoms. The third kappa shape index (κ3) is 19.4. The van der Waals surface area contributed by atoms with Gasteiger partial charge in [0.05, 0.1) is 0 Å². The summed E-state index contributed by atoms with van der Waals surface area (Å²) in [7, 11) is 9.12. The van der Waals surface area contributed by atoms with Gasteiger partial charge in [0.2, 0.25) is 0 Å². The molecule has 2 heterocycles. The number of halogens is 3. The molecule has 0 spiro atoms. The number of hydrogen-bond donors (Lipinski definition) is 1. The second-order valence-corrected chi connectivity index (χ2v) is 19.2. The molecule has 1 N–H and O–H groups in total. The van der Waals surface area contributed by atoms with Gasteiger partial charge in [0.25, 0.3) is 0 Å². The van der Waals surface area contributed by atoms with Crippen molar-refractivity contribution in [3.8, 4) is 17.2 Å². The molecule has 4 nitrogen and oxygen atoms in total. The van der Waals surface area contributed by atoms with Crippen molar-refractivity contribution in [1.82, 2.24) is 9.97 Å². The Bertz CT molecular complexity index is 1570. The van der Waals surface area contributed by atoms with E-state index in [1.54, 1.807) is 66.0 Å². The van der Waals surface area contributed by atoms with E-state index in [2.05, 4.69) is 38.4 Å². The summed E-state index contributed by atoms with van der Waals surface area (Å²) in [4.78, 5) is 7.47.